The van der Waals surface area contributed by atoms with Gasteiger partial charge in [-0.1, -0.05) is 12.1 Å². The Balaban J connectivity index is 2.09. The Morgan fingerprint density at radius 3 is 2.79 bits per heavy atom. The molecule has 1 aromatic heterocycles. The van der Waals surface area contributed by atoms with E-state index in [-0.39, 0.29) is 0 Å². The summed E-state index contributed by atoms with van der Waals surface area (Å²) in [6, 6.07) is 8.19. The summed E-state index contributed by atoms with van der Waals surface area (Å²) >= 11 is 3.48. The smallest absolute Gasteiger partial charge is 0.138 e. The third-order valence-corrected chi connectivity index (χ3v) is 3.45. The van der Waals surface area contributed by atoms with E-state index >= 15 is 0 Å². The zero-order valence-electron chi connectivity index (χ0n) is 11.1. The van der Waals surface area contributed by atoms with Crippen molar-refractivity contribution < 1.29 is 4.74 Å². The van der Waals surface area contributed by atoms with E-state index in [4.69, 9.17) is 10.5 Å². The first-order valence-electron chi connectivity index (χ1n) is 6.26. The fraction of sp³-hybridized carbons (Fsp3) is 0.357. The molecule has 0 atom stereocenters. The van der Waals surface area contributed by atoms with Crippen molar-refractivity contribution in [2.75, 3.05) is 0 Å². The molecule has 5 heteroatoms. The van der Waals surface area contributed by atoms with Crippen LogP contribution in [0.5, 0.6) is 5.75 Å². The number of rotatable bonds is 5. The van der Waals surface area contributed by atoms with Gasteiger partial charge in [-0.3, -0.25) is 4.68 Å². The van der Waals surface area contributed by atoms with Crippen LogP contribution in [-0.4, -0.2) is 9.78 Å². The van der Waals surface area contributed by atoms with E-state index in [2.05, 4.69) is 34.9 Å². The minimum Gasteiger partial charge on any atom is -0.486 e. The Bertz CT molecular complexity index is 551. The van der Waals surface area contributed by atoms with E-state index in [0.717, 1.165) is 21.5 Å². The molecular formula is C14H18BrN3O. The minimum atomic E-state index is 0.358. The van der Waals surface area contributed by atoms with Gasteiger partial charge in [-0.05, 0) is 41.9 Å². The Morgan fingerprint density at radius 2 is 2.16 bits per heavy atom. The molecule has 2 rings (SSSR count). The molecule has 0 fully saturated rings. The van der Waals surface area contributed by atoms with Crippen molar-refractivity contribution in [3.63, 3.8) is 0 Å². The van der Waals surface area contributed by atoms with Crippen molar-refractivity contribution in [3.8, 4) is 5.75 Å². The summed E-state index contributed by atoms with van der Waals surface area (Å²) in [5.74, 6) is 0.795. The molecule has 0 radical (unpaired) electrons. The molecule has 0 unspecified atom stereocenters. The van der Waals surface area contributed by atoms with Gasteiger partial charge in [0.2, 0.25) is 0 Å². The second-order valence-corrected chi connectivity index (χ2v) is 5.46. The highest BCUT2D eigenvalue weighted by molar-refractivity contribution is 9.10. The molecule has 0 saturated heterocycles. The number of hydrogen-bond donors (Lipinski definition) is 1. The maximum atomic E-state index is 5.84. The molecular weight excluding hydrogens is 306 g/mol. The fourth-order valence-corrected chi connectivity index (χ4v) is 2.29. The van der Waals surface area contributed by atoms with Crippen molar-refractivity contribution in [1.29, 1.82) is 0 Å². The van der Waals surface area contributed by atoms with Crippen LogP contribution in [0.3, 0.4) is 0 Å². The van der Waals surface area contributed by atoms with Crippen LogP contribution in [-0.2, 0) is 13.2 Å². The van der Waals surface area contributed by atoms with Crippen molar-refractivity contribution in [3.05, 3.63) is 46.2 Å². The Labute approximate surface area is 121 Å². The zero-order chi connectivity index (χ0) is 13.8. The van der Waals surface area contributed by atoms with Gasteiger partial charge in [0.05, 0.1) is 10.2 Å². The number of ether oxygens (including phenoxy) is 1. The highest BCUT2D eigenvalue weighted by Crippen LogP contribution is 2.29. The third kappa shape index (κ3) is 3.36. The summed E-state index contributed by atoms with van der Waals surface area (Å²) in [4.78, 5) is 0. The summed E-state index contributed by atoms with van der Waals surface area (Å²) < 4.78 is 8.67. The van der Waals surface area contributed by atoms with Crippen LogP contribution < -0.4 is 10.5 Å². The highest BCUT2D eigenvalue weighted by atomic mass is 79.9. The van der Waals surface area contributed by atoms with E-state index < -0.39 is 0 Å². The number of aromatic nitrogens is 2. The summed E-state index contributed by atoms with van der Waals surface area (Å²) in [6.45, 7) is 5.08. The number of benzene rings is 1. The number of nitrogens with two attached hydrogens (primary N) is 1. The van der Waals surface area contributed by atoms with Crippen LogP contribution in [0.25, 0.3) is 0 Å². The molecule has 0 saturated carbocycles. The molecule has 0 spiro atoms. The Hall–Kier alpha value is -1.33. The Kier molecular flexibility index (Phi) is 4.61. The molecule has 0 amide bonds. The number of halogens is 1. The average Bonchev–Trinajstić information content (AvgIpc) is 2.86. The van der Waals surface area contributed by atoms with E-state index in [9.17, 15) is 0 Å². The number of para-hydroxylation sites is 1. The normalized spacial score (nSPS) is 11.0. The van der Waals surface area contributed by atoms with Crippen molar-refractivity contribution in [1.82, 2.24) is 9.78 Å². The van der Waals surface area contributed by atoms with Crippen LogP contribution in [0.1, 0.15) is 31.1 Å². The van der Waals surface area contributed by atoms with Gasteiger partial charge in [0, 0.05) is 24.3 Å². The largest absolute Gasteiger partial charge is 0.486 e. The van der Waals surface area contributed by atoms with E-state index in [1.54, 1.807) is 0 Å². The molecule has 2 N–H and O–H groups in total. The second kappa shape index (κ2) is 6.21. The standard InChI is InChI=1S/C14H18BrN3O/c1-10(2)18-7-6-12(17-18)9-19-14-11(8-16)4-3-5-13(14)15/h3-7,10H,8-9,16H2,1-2H3. The summed E-state index contributed by atoms with van der Waals surface area (Å²) in [6.07, 6.45) is 1.97. The van der Waals surface area contributed by atoms with Gasteiger partial charge in [0.1, 0.15) is 12.4 Å². The topological polar surface area (TPSA) is 53.1 Å². The summed E-state index contributed by atoms with van der Waals surface area (Å²) in [5.41, 5.74) is 7.61. The molecule has 0 aliphatic carbocycles. The SMILES string of the molecule is CC(C)n1ccc(COc2c(Br)cccc2CN)n1. The molecule has 19 heavy (non-hydrogen) atoms. The molecule has 0 bridgehead atoms. The molecule has 0 aliphatic rings. The third-order valence-electron chi connectivity index (χ3n) is 2.83. The lowest BCUT2D eigenvalue weighted by molar-refractivity contribution is 0.294. The molecule has 1 aromatic carbocycles. The first-order valence-corrected chi connectivity index (χ1v) is 7.05. The zero-order valence-corrected chi connectivity index (χ0v) is 12.7. The van der Waals surface area contributed by atoms with Crippen molar-refractivity contribution in [2.45, 2.75) is 33.0 Å². The Morgan fingerprint density at radius 1 is 1.37 bits per heavy atom. The van der Waals surface area contributed by atoms with Crippen LogP contribution >= 0.6 is 15.9 Å². The predicted molar refractivity (Wildman–Crippen MR) is 79.0 cm³/mol. The number of nitrogens with zero attached hydrogens (tertiary/aromatic N) is 2. The summed E-state index contributed by atoms with van der Waals surface area (Å²) in [7, 11) is 0. The predicted octanol–water partition coefficient (Wildman–Crippen LogP) is 3.26. The van der Waals surface area contributed by atoms with Crippen LogP contribution in [0.2, 0.25) is 0 Å². The highest BCUT2D eigenvalue weighted by Gasteiger charge is 2.08. The van der Waals surface area contributed by atoms with Crippen LogP contribution in [0, 0.1) is 0 Å². The van der Waals surface area contributed by atoms with Gasteiger partial charge >= 0.3 is 0 Å². The van der Waals surface area contributed by atoms with Gasteiger partial charge < -0.3 is 10.5 Å². The molecule has 0 aliphatic heterocycles. The fourth-order valence-electron chi connectivity index (χ4n) is 1.76. The van der Waals surface area contributed by atoms with Crippen molar-refractivity contribution >= 4 is 15.9 Å². The summed E-state index contributed by atoms with van der Waals surface area (Å²) in [5, 5.41) is 4.46. The number of hydrogen-bond acceptors (Lipinski definition) is 3. The van der Waals surface area contributed by atoms with E-state index in [0.29, 0.717) is 19.2 Å². The van der Waals surface area contributed by atoms with Gasteiger partial charge in [0.15, 0.2) is 0 Å². The van der Waals surface area contributed by atoms with Crippen molar-refractivity contribution in [2.24, 2.45) is 5.73 Å². The van der Waals surface area contributed by atoms with Gasteiger partial charge in [-0.2, -0.15) is 5.10 Å². The maximum Gasteiger partial charge on any atom is 0.138 e. The monoisotopic (exact) mass is 323 g/mol. The van der Waals surface area contributed by atoms with Crippen LogP contribution in [0.15, 0.2) is 34.9 Å². The maximum absolute atomic E-state index is 5.84. The lowest BCUT2D eigenvalue weighted by Gasteiger charge is -2.11. The second-order valence-electron chi connectivity index (χ2n) is 4.60. The van der Waals surface area contributed by atoms with Crippen LogP contribution in [0.4, 0.5) is 0 Å². The average molecular weight is 324 g/mol. The molecule has 102 valence electrons. The quantitative estimate of drug-likeness (QED) is 0.918. The van der Waals surface area contributed by atoms with Gasteiger partial charge in [-0.15, -0.1) is 0 Å². The lowest BCUT2D eigenvalue weighted by atomic mass is 10.2. The minimum absolute atomic E-state index is 0.358. The molecule has 4 nitrogen and oxygen atoms in total. The first kappa shape index (κ1) is 14.1. The van der Waals surface area contributed by atoms with Gasteiger partial charge in [0.25, 0.3) is 0 Å². The molecule has 2 aromatic rings. The first-order chi connectivity index (χ1) is 9.11. The molecule has 1 heterocycles. The lowest BCUT2D eigenvalue weighted by Crippen LogP contribution is -2.05. The van der Waals surface area contributed by atoms with E-state index in [1.165, 1.54) is 0 Å². The van der Waals surface area contributed by atoms with E-state index in [1.807, 2.05) is 35.1 Å². The van der Waals surface area contributed by atoms with Gasteiger partial charge in [-0.25, -0.2) is 0 Å².